The molecule has 0 aromatic carbocycles. The Hall–Kier alpha value is -1.35. The van der Waals surface area contributed by atoms with Gasteiger partial charge in [0.15, 0.2) is 0 Å². The molecule has 2 aliphatic rings. The lowest BCUT2D eigenvalue weighted by molar-refractivity contribution is -0.141. The Morgan fingerprint density at radius 1 is 1.40 bits per heavy atom. The number of terminal acetylenes is 1. The number of carbonyl (C=O) groups excluding carboxylic acids is 1. The highest BCUT2D eigenvalue weighted by atomic mass is 32.2. The van der Waals surface area contributed by atoms with Gasteiger partial charge in [-0.05, 0) is 31.6 Å². The van der Waals surface area contributed by atoms with Crippen LogP contribution in [0, 0.1) is 18.3 Å². The van der Waals surface area contributed by atoms with Gasteiger partial charge in [0.25, 0.3) is 0 Å². The smallest absolute Gasteiger partial charge is 0.327 e. The van der Waals surface area contributed by atoms with Crippen molar-refractivity contribution in [3.63, 3.8) is 0 Å². The van der Waals surface area contributed by atoms with Crippen molar-refractivity contribution >= 4 is 23.8 Å². The Bertz CT molecular complexity index is 417. The second kappa shape index (κ2) is 6.89. The van der Waals surface area contributed by atoms with Gasteiger partial charge in [-0.3, -0.25) is 4.90 Å². The predicted octanol–water partition coefficient (Wildman–Crippen LogP) is 1.74. The number of nitrogens with one attached hydrogen (secondary N) is 1. The van der Waals surface area contributed by atoms with Crippen LogP contribution in [-0.2, 0) is 4.79 Å². The molecule has 2 N–H and O–H groups in total. The Kier molecular flexibility index (Phi) is 5.18. The molecule has 0 radical (unpaired) electrons. The summed E-state index contributed by atoms with van der Waals surface area (Å²) in [6, 6.07) is -0.948. The molecule has 0 aromatic rings. The molecular formula is C14H20N2O3S. The molecule has 1 saturated carbocycles. The summed E-state index contributed by atoms with van der Waals surface area (Å²) in [6.45, 7) is 0.547. The van der Waals surface area contributed by atoms with Gasteiger partial charge >= 0.3 is 12.0 Å². The van der Waals surface area contributed by atoms with Crippen LogP contribution in [0.15, 0.2) is 0 Å². The highest BCUT2D eigenvalue weighted by molar-refractivity contribution is 8.00. The van der Waals surface area contributed by atoms with Crippen molar-refractivity contribution in [3.8, 4) is 12.3 Å². The van der Waals surface area contributed by atoms with Gasteiger partial charge in [0.05, 0.1) is 5.37 Å². The highest BCUT2D eigenvalue weighted by Crippen LogP contribution is 2.45. The van der Waals surface area contributed by atoms with Gasteiger partial charge < -0.3 is 10.4 Å². The molecule has 0 spiro atoms. The minimum atomic E-state index is -0.914. The molecule has 5 nitrogen and oxygen atoms in total. The van der Waals surface area contributed by atoms with E-state index in [1.807, 2.05) is 0 Å². The number of hydrogen-bond donors (Lipinski definition) is 2. The zero-order valence-corrected chi connectivity index (χ0v) is 12.2. The summed E-state index contributed by atoms with van der Waals surface area (Å²) in [4.78, 5) is 25.0. The number of carbonyl (C=O) groups is 2. The number of unbranched alkanes of at least 4 members (excludes halogenated alkanes) is 2. The highest BCUT2D eigenvalue weighted by Gasteiger charge is 2.47. The van der Waals surface area contributed by atoms with E-state index in [1.165, 1.54) is 4.90 Å². The number of nitrogens with zero attached hydrogens (tertiary/aromatic N) is 1. The summed E-state index contributed by atoms with van der Waals surface area (Å²) in [5.41, 5.74) is 0. The van der Waals surface area contributed by atoms with Crippen LogP contribution >= 0.6 is 11.8 Å². The van der Waals surface area contributed by atoms with E-state index in [-0.39, 0.29) is 11.4 Å². The molecule has 110 valence electrons. The summed E-state index contributed by atoms with van der Waals surface area (Å²) in [5, 5.41) is 12.1. The van der Waals surface area contributed by atoms with Crippen LogP contribution in [0.2, 0.25) is 0 Å². The molecule has 1 saturated heterocycles. The van der Waals surface area contributed by atoms with Crippen LogP contribution in [0.5, 0.6) is 0 Å². The van der Waals surface area contributed by atoms with Gasteiger partial charge in [0.2, 0.25) is 0 Å². The summed E-state index contributed by atoms with van der Waals surface area (Å²) < 4.78 is 0. The van der Waals surface area contributed by atoms with Crippen molar-refractivity contribution in [1.29, 1.82) is 0 Å². The third-order valence-electron chi connectivity index (χ3n) is 3.60. The number of carboxylic acids is 1. The molecule has 2 rings (SSSR count). The molecule has 2 unspecified atom stereocenters. The standard InChI is InChI=1S/C14H20N2O3S/c1-2-3-4-5-8-15-14(19)16-11(13(17)18)9-20-12(16)10-6-7-10/h1,10-12H,3-9H2,(H,15,19)(H,17,18). The van der Waals surface area contributed by atoms with Crippen molar-refractivity contribution < 1.29 is 14.7 Å². The van der Waals surface area contributed by atoms with Gasteiger partial charge in [0, 0.05) is 18.7 Å². The molecule has 1 heterocycles. The first-order valence-corrected chi connectivity index (χ1v) is 8.04. The van der Waals surface area contributed by atoms with E-state index in [4.69, 9.17) is 6.42 Å². The summed E-state index contributed by atoms with van der Waals surface area (Å²) in [7, 11) is 0. The first kappa shape index (κ1) is 15.0. The van der Waals surface area contributed by atoms with E-state index >= 15 is 0 Å². The monoisotopic (exact) mass is 296 g/mol. The zero-order chi connectivity index (χ0) is 14.5. The number of carboxylic acid groups (broad SMARTS) is 1. The second-order valence-electron chi connectivity index (χ2n) is 5.22. The maximum Gasteiger partial charge on any atom is 0.327 e. The number of thioether (sulfide) groups is 1. The lowest BCUT2D eigenvalue weighted by atomic mass is 10.2. The first-order valence-electron chi connectivity index (χ1n) is 6.99. The largest absolute Gasteiger partial charge is 0.480 e. The Balaban J connectivity index is 1.86. The van der Waals surface area contributed by atoms with Crippen molar-refractivity contribution in [3.05, 3.63) is 0 Å². The molecule has 2 amide bonds. The van der Waals surface area contributed by atoms with Crippen LogP contribution in [0.25, 0.3) is 0 Å². The predicted molar refractivity (Wildman–Crippen MR) is 78.3 cm³/mol. The quantitative estimate of drug-likeness (QED) is 0.578. The lowest BCUT2D eigenvalue weighted by Crippen LogP contribution is -2.50. The van der Waals surface area contributed by atoms with E-state index in [9.17, 15) is 14.7 Å². The summed E-state index contributed by atoms with van der Waals surface area (Å²) in [5.74, 6) is 2.60. The van der Waals surface area contributed by atoms with Crippen LogP contribution in [-0.4, -0.2) is 45.7 Å². The SMILES string of the molecule is C#CCCCCNC(=O)N1C(C(=O)O)CSC1C1CC1. The number of aliphatic carboxylic acids is 1. The Morgan fingerprint density at radius 3 is 2.75 bits per heavy atom. The van der Waals surface area contributed by atoms with Crippen molar-refractivity contribution in [2.45, 2.75) is 43.5 Å². The molecule has 20 heavy (non-hydrogen) atoms. The fourth-order valence-corrected chi connectivity index (χ4v) is 3.99. The molecule has 2 fully saturated rings. The van der Waals surface area contributed by atoms with Crippen LogP contribution in [0.4, 0.5) is 4.79 Å². The van der Waals surface area contributed by atoms with Gasteiger partial charge in [-0.1, -0.05) is 0 Å². The van der Waals surface area contributed by atoms with E-state index in [0.717, 1.165) is 25.7 Å². The summed E-state index contributed by atoms with van der Waals surface area (Å²) >= 11 is 1.59. The van der Waals surface area contributed by atoms with Crippen LogP contribution in [0.1, 0.15) is 32.1 Å². The van der Waals surface area contributed by atoms with Gasteiger partial charge in [-0.25, -0.2) is 9.59 Å². The molecule has 0 bridgehead atoms. The fraction of sp³-hybridized carbons (Fsp3) is 0.714. The van der Waals surface area contributed by atoms with E-state index in [1.54, 1.807) is 11.8 Å². The topological polar surface area (TPSA) is 69.6 Å². The molecule has 1 aliphatic carbocycles. The maximum absolute atomic E-state index is 12.2. The number of hydrogen-bond acceptors (Lipinski definition) is 3. The summed E-state index contributed by atoms with van der Waals surface area (Å²) in [6.07, 6.45) is 9.76. The lowest BCUT2D eigenvalue weighted by Gasteiger charge is -2.27. The van der Waals surface area contributed by atoms with Gasteiger partial charge in [-0.15, -0.1) is 24.1 Å². The van der Waals surface area contributed by atoms with Crippen molar-refractivity contribution in [2.24, 2.45) is 5.92 Å². The van der Waals surface area contributed by atoms with E-state index < -0.39 is 12.0 Å². The molecular weight excluding hydrogens is 276 g/mol. The van der Waals surface area contributed by atoms with Crippen molar-refractivity contribution in [1.82, 2.24) is 10.2 Å². The van der Waals surface area contributed by atoms with Crippen LogP contribution in [0.3, 0.4) is 0 Å². The minimum Gasteiger partial charge on any atom is -0.480 e. The first-order chi connectivity index (χ1) is 9.65. The number of urea groups is 1. The van der Waals surface area contributed by atoms with E-state index in [2.05, 4.69) is 11.2 Å². The average Bonchev–Trinajstić information content (AvgIpc) is 3.16. The fourth-order valence-electron chi connectivity index (χ4n) is 2.36. The molecule has 2 atom stereocenters. The molecule has 0 aromatic heterocycles. The second-order valence-corrected chi connectivity index (χ2v) is 6.37. The van der Waals surface area contributed by atoms with Gasteiger partial charge in [-0.2, -0.15) is 0 Å². The normalized spacial score (nSPS) is 25.2. The third-order valence-corrected chi connectivity index (χ3v) is 5.07. The van der Waals surface area contributed by atoms with Crippen molar-refractivity contribution in [2.75, 3.05) is 12.3 Å². The zero-order valence-electron chi connectivity index (χ0n) is 11.4. The van der Waals surface area contributed by atoms with Gasteiger partial charge in [0.1, 0.15) is 6.04 Å². The van der Waals surface area contributed by atoms with E-state index in [0.29, 0.717) is 24.6 Å². The Morgan fingerprint density at radius 2 is 2.15 bits per heavy atom. The van der Waals surface area contributed by atoms with Crippen LogP contribution < -0.4 is 5.32 Å². The molecule has 6 heteroatoms. The Labute approximate surface area is 123 Å². The number of amides is 2. The minimum absolute atomic E-state index is 0.0295. The third kappa shape index (κ3) is 3.60. The average molecular weight is 296 g/mol. The molecule has 1 aliphatic heterocycles. The maximum atomic E-state index is 12.2. The number of rotatable bonds is 6.